The van der Waals surface area contributed by atoms with Crippen LogP contribution in [0.25, 0.3) is 0 Å². The molecule has 0 N–H and O–H groups in total. The molecule has 0 saturated heterocycles. The molecule has 0 unspecified atom stereocenters. The standard InChI is InChI=1S/C11H15BrOS/c12-11-5-4-10(14-11)8-13-7-6-9-2-1-3-9/h4-5,9H,1-3,6-8H2. The number of rotatable bonds is 5. The minimum Gasteiger partial charge on any atom is -0.376 e. The van der Waals surface area contributed by atoms with Gasteiger partial charge in [0.15, 0.2) is 0 Å². The van der Waals surface area contributed by atoms with Gasteiger partial charge in [0, 0.05) is 11.5 Å². The van der Waals surface area contributed by atoms with Crippen molar-refractivity contribution in [3.63, 3.8) is 0 Å². The van der Waals surface area contributed by atoms with Gasteiger partial charge < -0.3 is 4.74 Å². The molecule has 14 heavy (non-hydrogen) atoms. The maximum Gasteiger partial charge on any atom is 0.0809 e. The number of ether oxygens (including phenoxy) is 1. The maximum absolute atomic E-state index is 5.63. The Morgan fingerprint density at radius 2 is 2.29 bits per heavy atom. The Balaban J connectivity index is 1.58. The zero-order chi connectivity index (χ0) is 9.80. The van der Waals surface area contributed by atoms with E-state index in [2.05, 4.69) is 28.1 Å². The number of thiophene rings is 1. The Labute approximate surface area is 97.6 Å². The van der Waals surface area contributed by atoms with Crippen molar-refractivity contribution in [2.75, 3.05) is 6.61 Å². The largest absolute Gasteiger partial charge is 0.376 e. The van der Waals surface area contributed by atoms with Crippen LogP contribution in [0.2, 0.25) is 0 Å². The topological polar surface area (TPSA) is 9.23 Å². The third-order valence-electron chi connectivity index (χ3n) is 2.77. The van der Waals surface area contributed by atoms with E-state index in [9.17, 15) is 0 Å². The summed E-state index contributed by atoms with van der Waals surface area (Å²) in [6, 6.07) is 4.20. The molecule has 1 fully saturated rings. The molecule has 0 amide bonds. The summed E-state index contributed by atoms with van der Waals surface area (Å²) in [6.45, 7) is 1.71. The second-order valence-electron chi connectivity index (χ2n) is 3.84. The molecule has 0 radical (unpaired) electrons. The Morgan fingerprint density at radius 3 is 2.86 bits per heavy atom. The molecular weight excluding hydrogens is 260 g/mol. The second-order valence-corrected chi connectivity index (χ2v) is 6.39. The van der Waals surface area contributed by atoms with Crippen LogP contribution in [0.3, 0.4) is 0 Å². The first-order valence-electron chi connectivity index (χ1n) is 5.16. The van der Waals surface area contributed by atoms with Gasteiger partial charge in [0.25, 0.3) is 0 Å². The van der Waals surface area contributed by atoms with E-state index < -0.39 is 0 Å². The molecular formula is C11H15BrOS. The molecule has 1 nitrogen and oxygen atoms in total. The van der Waals surface area contributed by atoms with Crippen molar-refractivity contribution in [3.05, 3.63) is 20.8 Å². The fourth-order valence-electron chi connectivity index (χ4n) is 1.63. The first-order chi connectivity index (χ1) is 6.84. The van der Waals surface area contributed by atoms with Gasteiger partial charge >= 0.3 is 0 Å². The molecule has 0 bridgehead atoms. The van der Waals surface area contributed by atoms with Crippen LogP contribution in [-0.4, -0.2) is 6.61 Å². The van der Waals surface area contributed by atoms with E-state index in [4.69, 9.17) is 4.74 Å². The van der Waals surface area contributed by atoms with Gasteiger partial charge in [0.05, 0.1) is 10.4 Å². The second kappa shape index (κ2) is 5.29. The smallest absolute Gasteiger partial charge is 0.0809 e. The van der Waals surface area contributed by atoms with Crippen LogP contribution in [0.1, 0.15) is 30.6 Å². The quantitative estimate of drug-likeness (QED) is 0.731. The Bertz CT molecular complexity index is 281. The molecule has 3 heteroatoms. The van der Waals surface area contributed by atoms with Gasteiger partial charge in [0.2, 0.25) is 0 Å². The third kappa shape index (κ3) is 3.07. The minimum absolute atomic E-state index is 0.781. The molecule has 78 valence electrons. The molecule has 0 aromatic carbocycles. The summed E-state index contributed by atoms with van der Waals surface area (Å²) in [5.74, 6) is 0.963. The van der Waals surface area contributed by atoms with Crippen molar-refractivity contribution in [2.45, 2.75) is 32.3 Å². The lowest BCUT2D eigenvalue weighted by Crippen LogP contribution is -2.13. The summed E-state index contributed by atoms with van der Waals surface area (Å²) in [5, 5.41) is 0. The normalized spacial score (nSPS) is 16.9. The Kier molecular flexibility index (Phi) is 4.02. The SMILES string of the molecule is Brc1ccc(COCCC2CCC2)s1. The van der Waals surface area contributed by atoms with Crippen molar-refractivity contribution < 1.29 is 4.74 Å². The Hall–Kier alpha value is 0.140. The number of hydrogen-bond donors (Lipinski definition) is 0. The first kappa shape index (κ1) is 10.7. The van der Waals surface area contributed by atoms with Crippen LogP contribution in [-0.2, 0) is 11.3 Å². The fraction of sp³-hybridized carbons (Fsp3) is 0.636. The van der Waals surface area contributed by atoms with Crippen molar-refractivity contribution in [3.8, 4) is 0 Å². The van der Waals surface area contributed by atoms with Crippen LogP contribution in [0, 0.1) is 5.92 Å². The van der Waals surface area contributed by atoms with Gasteiger partial charge in [-0.15, -0.1) is 11.3 Å². The van der Waals surface area contributed by atoms with E-state index in [1.807, 2.05) is 0 Å². The maximum atomic E-state index is 5.63. The van der Waals surface area contributed by atoms with Crippen LogP contribution in [0.4, 0.5) is 0 Å². The number of hydrogen-bond acceptors (Lipinski definition) is 2. The van der Waals surface area contributed by atoms with Crippen LogP contribution in [0.15, 0.2) is 15.9 Å². The first-order valence-corrected chi connectivity index (χ1v) is 6.77. The van der Waals surface area contributed by atoms with E-state index in [1.165, 1.54) is 34.3 Å². The van der Waals surface area contributed by atoms with E-state index in [1.54, 1.807) is 11.3 Å². The predicted octanol–water partition coefficient (Wildman–Crippen LogP) is 4.22. The molecule has 1 aromatic rings. The zero-order valence-electron chi connectivity index (χ0n) is 8.17. The summed E-state index contributed by atoms with van der Waals surface area (Å²) >= 11 is 5.21. The highest BCUT2D eigenvalue weighted by Gasteiger charge is 2.16. The molecule has 0 spiro atoms. The van der Waals surface area contributed by atoms with Crippen LogP contribution < -0.4 is 0 Å². The van der Waals surface area contributed by atoms with E-state index in [-0.39, 0.29) is 0 Å². The fourth-order valence-corrected chi connectivity index (χ4v) is 3.05. The van der Waals surface area contributed by atoms with Crippen molar-refractivity contribution in [2.24, 2.45) is 5.92 Å². The van der Waals surface area contributed by atoms with Crippen molar-refractivity contribution >= 4 is 27.3 Å². The van der Waals surface area contributed by atoms with Crippen LogP contribution >= 0.6 is 27.3 Å². The average molecular weight is 275 g/mol. The number of halogens is 1. The van der Waals surface area contributed by atoms with Gasteiger partial charge in [-0.1, -0.05) is 19.3 Å². The third-order valence-corrected chi connectivity index (χ3v) is 4.37. The highest BCUT2D eigenvalue weighted by molar-refractivity contribution is 9.11. The summed E-state index contributed by atoms with van der Waals surface area (Å²) in [7, 11) is 0. The average Bonchev–Trinajstić information content (AvgIpc) is 2.48. The molecule has 2 rings (SSSR count). The van der Waals surface area contributed by atoms with Gasteiger partial charge in [-0.05, 0) is 40.4 Å². The summed E-state index contributed by atoms with van der Waals surface area (Å²) in [6.07, 6.45) is 5.54. The van der Waals surface area contributed by atoms with Gasteiger partial charge in [-0.25, -0.2) is 0 Å². The van der Waals surface area contributed by atoms with Gasteiger partial charge in [0.1, 0.15) is 0 Å². The molecule has 1 heterocycles. The molecule has 0 atom stereocenters. The predicted molar refractivity (Wildman–Crippen MR) is 63.6 cm³/mol. The van der Waals surface area contributed by atoms with Crippen molar-refractivity contribution in [1.29, 1.82) is 0 Å². The highest BCUT2D eigenvalue weighted by atomic mass is 79.9. The lowest BCUT2D eigenvalue weighted by Gasteiger charge is -2.24. The van der Waals surface area contributed by atoms with Crippen LogP contribution in [0.5, 0.6) is 0 Å². The highest BCUT2D eigenvalue weighted by Crippen LogP contribution is 2.29. The minimum atomic E-state index is 0.781. The van der Waals surface area contributed by atoms with Crippen molar-refractivity contribution in [1.82, 2.24) is 0 Å². The Morgan fingerprint density at radius 1 is 1.43 bits per heavy atom. The summed E-state index contributed by atoms with van der Waals surface area (Å²) in [5.41, 5.74) is 0. The van der Waals surface area contributed by atoms with Gasteiger partial charge in [-0.2, -0.15) is 0 Å². The summed E-state index contributed by atoms with van der Waals surface area (Å²) in [4.78, 5) is 1.31. The summed E-state index contributed by atoms with van der Waals surface area (Å²) < 4.78 is 6.82. The van der Waals surface area contributed by atoms with E-state index in [0.29, 0.717) is 0 Å². The monoisotopic (exact) mass is 274 g/mol. The molecule has 1 saturated carbocycles. The molecule has 1 aromatic heterocycles. The lowest BCUT2D eigenvalue weighted by molar-refractivity contribution is 0.0966. The molecule has 1 aliphatic rings. The van der Waals surface area contributed by atoms with E-state index >= 15 is 0 Å². The van der Waals surface area contributed by atoms with E-state index in [0.717, 1.165) is 19.1 Å². The lowest BCUT2D eigenvalue weighted by atomic mass is 9.83. The zero-order valence-corrected chi connectivity index (χ0v) is 10.6. The molecule has 1 aliphatic carbocycles. The molecule has 0 aliphatic heterocycles. The van der Waals surface area contributed by atoms with Gasteiger partial charge in [-0.3, -0.25) is 0 Å².